The molecule has 0 spiro atoms. The normalized spacial score (nSPS) is 21.4. The average Bonchev–Trinajstić information content (AvgIpc) is 3.09. The zero-order chi connectivity index (χ0) is 12.9. The third-order valence-corrected chi connectivity index (χ3v) is 4.47. The Kier molecular flexibility index (Phi) is 2.83. The summed E-state index contributed by atoms with van der Waals surface area (Å²) in [6, 6.07) is 3.79. The van der Waals surface area contributed by atoms with Gasteiger partial charge in [-0.1, -0.05) is 24.6 Å². The Labute approximate surface area is 112 Å². The smallest absolute Gasteiger partial charge is 0.228 e. The number of hydrogen-bond acceptors (Lipinski definition) is 2. The van der Waals surface area contributed by atoms with Gasteiger partial charge in [0.2, 0.25) is 5.91 Å². The van der Waals surface area contributed by atoms with Crippen LogP contribution in [-0.2, 0) is 11.2 Å². The van der Waals surface area contributed by atoms with Crippen LogP contribution in [0, 0.1) is 11.8 Å². The fraction of sp³-hybridized carbons (Fsp3) is 0.500. The van der Waals surface area contributed by atoms with Crippen molar-refractivity contribution in [1.29, 1.82) is 0 Å². The molecule has 1 heterocycles. The van der Waals surface area contributed by atoms with Gasteiger partial charge in [-0.2, -0.15) is 0 Å². The number of hydrogen-bond donors (Lipinski definition) is 2. The van der Waals surface area contributed by atoms with Crippen molar-refractivity contribution in [1.82, 2.24) is 0 Å². The zero-order valence-corrected chi connectivity index (χ0v) is 11.1. The highest BCUT2D eigenvalue weighted by Gasteiger charge is 2.33. The minimum atomic E-state index is -0.0361. The molecule has 2 aliphatic rings. The SMILES string of the molecule is CC(C1CC1)C(N)c1cc2c(cc1Cl)NC(=O)C2. The highest BCUT2D eigenvalue weighted by Crippen LogP contribution is 2.43. The third-order valence-electron chi connectivity index (χ3n) is 4.14. The van der Waals surface area contributed by atoms with Crippen molar-refractivity contribution in [2.24, 2.45) is 17.6 Å². The Morgan fingerprint density at radius 3 is 2.83 bits per heavy atom. The van der Waals surface area contributed by atoms with Gasteiger partial charge in [-0.15, -0.1) is 0 Å². The maximum absolute atomic E-state index is 11.4. The van der Waals surface area contributed by atoms with E-state index in [4.69, 9.17) is 17.3 Å². The molecule has 1 fully saturated rings. The van der Waals surface area contributed by atoms with Crippen LogP contribution >= 0.6 is 11.6 Å². The molecule has 1 aromatic rings. The predicted octanol–water partition coefficient (Wildman–Crippen LogP) is 2.88. The predicted molar refractivity (Wildman–Crippen MR) is 72.6 cm³/mol. The lowest BCUT2D eigenvalue weighted by atomic mass is 9.90. The van der Waals surface area contributed by atoms with Gasteiger partial charge >= 0.3 is 0 Å². The van der Waals surface area contributed by atoms with Gasteiger partial charge in [-0.05, 0) is 41.9 Å². The number of nitrogens with one attached hydrogen (secondary N) is 1. The molecule has 3 rings (SSSR count). The summed E-state index contributed by atoms with van der Waals surface area (Å²) in [4.78, 5) is 11.4. The van der Waals surface area contributed by atoms with Crippen LogP contribution in [0.5, 0.6) is 0 Å². The fourth-order valence-corrected chi connectivity index (χ4v) is 3.01. The van der Waals surface area contributed by atoms with E-state index in [0.29, 0.717) is 17.4 Å². The second-order valence-electron chi connectivity index (χ2n) is 5.48. The Morgan fingerprint density at radius 2 is 2.17 bits per heavy atom. The monoisotopic (exact) mass is 264 g/mol. The highest BCUT2D eigenvalue weighted by atomic mass is 35.5. The molecule has 0 saturated heterocycles. The first-order chi connectivity index (χ1) is 8.56. The van der Waals surface area contributed by atoms with Crippen LogP contribution in [0.1, 0.15) is 36.9 Å². The lowest BCUT2D eigenvalue weighted by Crippen LogP contribution is -2.21. The maximum Gasteiger partial charge on any atom is 0.228 e. The van der Waals surface area contributed by atoms with Crippen LogP contribution in [0.3, 0.4) is 0 Å². The van der Waals surface area contributed by atoms with Crippen molar-refractivity contribution in [3.8, 4) is 0 Å². The third kappa shape index (κ3) is 2.02. The van der Waals surface area contributed by atoms with E-state index in [1.165, 1.54) is 12.8 Å². The topological polar surface area (TPSA) is 55.1 Å². The zero-order valence-electron chi connectivity index (χ0n) is 10.4. The number of amides is 1. The van der Waals surface area contributed by atoms with E-state index >= 15 is 0 Å². The number of halogens is 1. The number of carbonyl (C=O) groups is 1. The van der Waals surface area contributed by atoms with E-state index in [1.807, 2.05) is 12.1 Å². The summed E-state index contributed by atoms with van der Waals surface area (Å²) >= 11 is 6.29. The first-order valence-electron chi connectivity index (χ1n) is 6.44. The summed E-state index contributed by atoms with van der Waals surface area (Å²) in [7, 11) is 0. The molecule has 1 amide bonds. The standard InChI is InChI=1S/C14H17ClN2O/c1-7(8-2-3-8)14(16)10-4-9-5-13(18)17-12(9)6-11(10)15/h4,6-8,14H,2-3,5,16H2,1H3,(H,17,18). The van der Waals surface area contributed by atoms with E-state index < -0.39 is 0 Å². The summed E-state index contributed by atoms with van der Waals surface area (Å²) in [5.74, 6) is 1.22. The van der Waals surface area contributed by atoms with Crippen molar-refractivity contribution >= 4 is 23.2 Å². The molecular weight excluding hydrogens is 248 g/mol. The summed E-state index contributed by atoms with van der Waals surface area (Å²) in [6.07, 6.45) is 2.99. The van der Waals surface area contributed by atoms with Crippen LogP contribution in [0.15, 0.2) is 12.1 Å². The molecule has 96 valence electrons. The van der Waals surface area contributed by atoms with Gasteiger partial charge in [-0.25, -0.2) is 0 Å². The van der Waals surface area contributed by atoms with E-state index in [1.54, 1.807) is 0 Å². The highest BCUT2D eigenvalue weighted by molar-refractivity contribution is 6.32. The summed E-state index contributed by atoms with van der Waals surface area (Å²) in [5, 5.41) is 3.47. The number of carbonyl (C=O) groups excluding carboxylic acids is 1. The lowest BCUT2D eigenvalue weighted by Gasteiger charge is -2.21. The van der Waals surface area contributed by atoms with Gasteiger partial charge < -0.3 is 11.1 Å². The second-order valence-corrected chi connectivity index (χ2v) is 5.89. The molecule has 2 atom stereocenters. The number of nitrogens with two attached hydrogens (primary N) is 1. The molecule has 1 aliphatic heterocycles. The molecule has 0 aromatic heterocycles. The quantitative estimate of drug-likeness (QED) is 0.882. The van der Waals surface area contributed by atoms with Crippen LogP contribution in [0.2, 0.25) is 5.02 Å². The number of anilines is 1. The second kappa shape index (κ2) is 4.25. The van der Waals surface area contributed by atoms with Gasteiger partial charge in [0.25, 0.3) is 0 Å². The van der Waals surface area contributed by atoms with Crippen LogP contribution in [-0.4, -0.2) is 5.91 Å². The van der Waals surface area contributed by atoms with Crippen molar-refractivity contribution < 1.29 is 4.79 Å². The fourth-order valence-electron chi connectivity index (χ4n) is 2.72. The minimum absolute atomic E-state index is 0.0297. The Balaban J connectivity index is 1.92. The van der Waals surface area contributed by atoms with Crippen LogP contribution in [0.25, 0.3) is 0 Å². The number of fused-ring (bicyclic) bond motifs is 1. The molecule has 1 aromatic carbocycles. The molecular formula is C14H17ClN2O. The molecule has 0 bridgehead atoms. The van der Waals surface area contributed by atoms with E-state index in [-0.39, 0.29) is 11.9 Å². The molecule has 3 nitrogen and oxygen atoms in total. The summed E-state index contributed by atoms with van der Waals surface area (Å²) in [6.45, 7) is 2.19. The van der Waals surface area contributed by atoms with Crippen LogP contribution < -0.4 is 11.1 Å². The summed E-state index contributed by atoms with van der Waals surface area (Å²) in [5.41, 5.74) is 9.14. The van der Waals surface area contributed by atoms with Gasteiger partial charge in [0, 0.05) is 16.8 Å². The molecule has 0 radical (unpaired) electrons. The summed E-state index contributed by atoms with van der Waals surface area (Å²) < 4.78 is 0. The number of benzene rings is 1. The van der Waals surface area contributed by atoms with E-state index in [2.05, 4.69) is 12.2 Å². The van der Waals surface area contributed by atoms with Crippen molar-refractivity contribution in [2.75, 3.05) is 5.32 Å². The average molecular weight is 265 g/mol. The van der Waals surface area contributed by atoms with E-state index in [9.17, 15) is 4.79 Å². The minimum Gasteiger partial charge on any atom is -0.325 e. The molecule has 1 aliphatic carbocycles. The lowest BCUT2D eigenvalue weighted by molar-refractivity contribution is -0.115. The first-order valence-corrected chi connectivity index (χ1v) is 6.82. The largest absolute Gasteiger partial charge is 0.325 e. The molecule has 2 unspecified atom stereocenters. The Hall–Kier alpha value is -1.06. The van der Waals surface area contributed by atoms with Crippen molar-refractivity contribution in [3.05, 3.63) is 28.3 Å². The van der Waals surface area contributed by atoms with Gasteiger partial charge in [0.1, 0.15) is 0 Å². The number of rotatable bonds is 3. The van der Waals surface area contributed by atoms with Gasteiger partial charge in [0.05, 0.1) is 6.42 Å². The van der Waals surface area contributed by atoms with Gasteiger partial charge in [-0.3, -0.25) is 4.79 Å². The van der Waals surface area contributed by atoms with Crippen molar-refractivity contribution in [2.45, 2.75) is 32.2 Å². The van der Waals surface area contributed by atoms with Gasteiger partial charge in [0.15, 0.2) is 0 Å². The molecule has 18 heavy (non-hydrogen) atoms. The molecule has 3 N–H and O–H groups in total. The molecule has 1 saturated carbocycles. The molecule has 4 heteroatoms. The van der Waals surface area contributed by atoms with Crippen LogP contribution in [0.4, 0.5) is 5.69 Å². The maximum atomic E-state index is 11.4. The van der Waals surface area contributed by atoms with Crippen molar-refractivity contribution in [3.63, 3.8) is 0 Å². The Morgan fingerprint density at radius 1 is 1.44 bits per heavy atom. The van der Waals surface area contributed by atoms with E-state index in [0.717, 1.165) is 22.7 Å². The Bertz CT molecular complexity index is 511. The first kappa shape index (κ1) is 12.0.